The summed E-state index contributed by atoms with van der Waals surface area (Å²) in [6, 6.07) is 0. The molecular formula is C15H25N3OS. The Hall–Kier alpha value is -1.62. The average Bonchev–Trinajstić information content (AvgIpc) is 2.73. The van der Waals surface area contributed by atoms with E-state index < -0.39 is 0 Å². The molecule has 0 aliphatic heterocycles. The lowest BCUT2D eigenvalue weighted by Gasteiger charge is -1.99. The Morgan fingerprint density at radius 2 is 2.05 bits per heavy atom. The number of aliphatic hydroxyl groups is 1. The van der Waals surface area contributed by atoms with Crippen LogP contribution in [0.4, 0.5) is 0 Å². The zero-order chi connectivity index (χ0) is 15.5. The van der Waals surface area contributed by atoms with Crippen molar-refractivity contribution in [2.75, 3.05) is 0 Å². The molecule has 2 N–H and O–H groups in total. The molecule has 20 heavy (non-hydrogen) atoms. The zero-order valence-electron chi connectivity index (χ0n) is 13.0. The molecule has 5 heteroatoms. The molecule has 112 valence electrons. The van der Waals surface area contributed by atoms with Gasteiger partial charge in [-0.05, 0) is 50.2 Å². The van der Waals surface area contributed by atoms with Gasteiger partial charge in [-0.3, -0.25) is 5.10 Å². The summed E-state index contributed by atoms with van der Waals surface area (Å²) in [5.74, 6) is 1.11. The quantitative estimate of drug-likeness (QED) is 0.466. The molecule has 0 saturated heterocycles. The molecule has 0 fully saturated rings. The molecule has 1 heterocycles. The Bertz CT molecular complexity index is 532. The van der Waals surface area contributed by atoms with Gasteiger partial charge in [0.1, 0.15) is 0 Å². The number of allylic oxidation sites excluding steroid dienone is 5. The van der Waals surface area contributed by atoms with Crippen molar-refractivity contribution >= 4 is 18.3 Å². The van der Waals surface area contributed by atoms with E-state index in [2.05, 4.69) is 17.1 Å². The lowest BCUT2D eigenvalue weighted by atomic mass is 10.2. The molecule has 1 rings (SSSR count). The molecule has 0 unspecified atom stereocenters. The molecule has 1 aromatic heterocycles. The molecule has 0 aliphatic carbocycles. The Kier molecular flexibility index (Phi) is 9.38. The van der Waals surface area contributed by atoms with Gasteiger partial charge in [0.15, 0.2) is 10.6 Å². The highest BCUT2D eigenvalue weighted by Crippen LogP contribution is 2.04. The summed E-state index contributed by atoms with van der Waals surface area (Å²) in [6.45, 7) is 10.5. The first kappa shape index (κ1) is 18.4. The second kappa shape index (κ2) is 10.2. The summed E-state index contributed by atoms with van der Waals surface area (Å²) < 4.78 is 2.60. The molecule has 0 radical (unpaired) electrons. The maximum atomic E-state index is 9.12. The molecule has 0 aromatic carbocycles. The van der Waals surface area contributed by atoms with Crippen molar-refractivity contribution in [3.8, 4) is 0 Å². The van der Waals surface area contributed by atoms with Gasteiger partial charge < -0.3 is 9.67 Å². The van der Waals surface area contributed by atoms with E-state index in [1.807, 2.05) is 43.6 Å². The van der Waals surface area contributed by atoms with Crippen molar-refractivity contribution in [3.63, 3.8) is 0 Å². The second-order valence-electron chi connectivity index (χ2n) is 4.09. The average molecular weight is 295 g/mol. The Morgan fingerprint density at radius 3 is 2.60 bits per heavy atom. The lowest BCUT2D eigenvalue weighted by Crippen LogP contribution is -1.99. The van der Waals surface area contributed by atoms with Crippen LogP contribution < -0.4 is 0 Å². The van der Waals surface area contributed by atoms with Crippen LogP contribution in [0.2, 0.25) is 0 Å². The van der Waals surface area contributed by atoms with Crippen LogP contribution >= 0.6 is 12.2 Å². The molecule has 0 atom stereocenters. The summed E-state index contributed by atoms with van der Waals surface area (Å²) in [5, 5.41) is 16.1. The van der Waals surface area contributed by atoms with Gasteiger partial charge in [0, 0.05) is 6.54 Å². The molecule has 1 aromatic rings. The van der Waals surface area contributed by atoms with E-state index in [0.29, 0.717) is 10.5 Å². The first-order valence-electron chi connectivity index (χ1n) is 6.92. The monoisotopic (exact) mass is 295 g/mol. The molecular weight excluding hydrogens is 270 g/mol. The summed E-state index contributed by atoms with van der Waals surface area (Å²) in [5.41, 5.74) is 0.974. The van der Waals surface area contributed by atoms with Crippen LogP contribution in [0.1, 0.15) is 46.9 Å². The third-order valence-corrected chi connectivity index (χ3v) is 2.59. The fourth-order valence-corrected chi connectivity index (χ4v) is 1.79. The van der Waals surface area contributed by atoms with Gasteiger partial charge in [0.2, 0.25) is 0 Å². The number of nitrogens with one attached hydrogen (secondary N) is 1. The van der Waals surface area contributed by atoms with Gasteiger partial charge in [-0.25, -0.2) is 0 Å². The Balaban J connectivity index is 0.00000172. The van der Waals surface area contributed by atoms with Crippen molar-refractivity contribution in [1.82, 2.24) is 14.8 Å². The Morgan fingerprint density at radius 1 is 1.40 bits per heavy atom. The van der Waals surface area contributed by atoms with Crippen LogP contribution in [0.15, 0.2) is 29.6 Å². The standard InChI is InChI=1S/C13H19N3OS.C2H6/c1-4-8-16-12(14-15-13(16)18)7-5-6-10(2)9-11(3)17;1-2/h5-7,9,17H,4,8H2,1-3H3,(H,15,18);1-2H3/b7-5+,10-6-,11-9+;. The third-order valence-electron chi connectivity index (χ3n) is 2.28. The smallest absolute Gasteiger partial charge is 0.195 e. The van der Waals surface area contributed by atoms with E-state index >= 15 is 0 Å². The van der Waals surface area contributed by atoms with Crippen molar-refractivity contribution in [3.05, 3.63) is 40.2 Å². The minimum atomic E-state index is 0.297. The minimum Gasteiger partial charge on any atom is -0.513 e. The van der Waals surface area contributed by atoms with E-state index in [0.717, 1.165) is 24.4 Å². The van der Waals surface area contributed by atoms with Crippen LogP contribution in [0, 0.1) is 4.77 Å². The molecule has 0 amide bonds. The molecule has 0 spiro atoms. The number of aromatic amines is 1. The van der Waals surface area contributed by atoms with E-state index in [-0.39, 0.29) is 0 Å². The van der Waals surface area contributed by atoms with Crippen LogP contribution in [-0.2, 0) is 6.54 Å². The van der Waals surface area contributed by atoms with Gasteiger partial charge in [0.25, 0.3) is 0 Å². The summed E-state index contributed by atoms with van der Waals surface area (Å²) >= 11 is 5.15. The van der Waals surface area contributed by atoms with Gasteiger partial charge in [-0.15, -0.1) is 0 Å². The van der Waals surface area contributed by atoms with E-state index in [1.165, 1.54) is 0 Å². The predicted octanol–water partition coefficient (Wildman–Crippen LogP) is 4.80. The predicted molar refractivity (Wildman–Crippen MR) is 88.2 cm³/mol. The number of hydrogen-bond acceptors (Lipinski definition) is 3. The maximum absolute atomic E-state index is 9.12. The van der Waals surface area contributed by atoms with Crippen LogP contribution in [0.5, 0.6) is 0 Å². The largest absolute Gasteiger partial charge is 0.513 e. The van der Waals surface area contributed by atoms with E-state index in [9.17, 15) is 0 Å². The van der Waals surface area contributed by atoms with Crippen molar-refractivity contribution in [2.24, 2.45) is 0 Å². The topological polar surface area (TPSA) is 53.8 Å². The zero-order valence-corrected chi connectivity index (χ0v) is 13.8. The van der Waals surface area contributed by atoms with Crippen LogP contribution in [0.3, 0.4) is 0 Å². The first-order valence-corrected chi connectivity index (χ1v) is 7.33. The molecule has 0 aliphatic rings. The number of aromatic nitrogens is 3. The highest BCUT2D eigenvalue weighted by molar-refractivity contribution is 7.71. The van der Waals surface area contributed by atoms with Gasteiger partial charge in [-0.2, -0.15) is 5.10 Å². The number of H-pyrrole nitrogens is 1. The molecule has 0 saturated carbocycles. The number of nitrogens with zero attached hydrogens (tertiary/aromatic N) is 2. The molecule has 0 bridgehead atoms. The fraction of sp³-hybridized carbons (Fsp3) is 0.467. The van der Waals surface area contributed by atoms with Gasteiger partial charge in [0.05, 0.1) is 5.76 Å². The summed E-state index contributed by atoms with van der Waals surface area (Å²) in [6.07, 6.45) is 8.41. The van der Waals surface area contributed by atoms with Crippen molar-refractivity contribution in [1.29, 1.82) is 0 Å². The van der Waals surface area contributed by atoms with E-state index in [1.54, 1.807) is 13.0 Å². The SMILES string of the molecule is CC.CCCn1c(/C=C/C=C(C)\C=C(/C)O)n[nH]c1=S. The van der Waals surface area contributed by atoms with Crippen molar-refractivity contribution in [2.45, 2.75) is 47.6 Å². The van der Waals surface area contributed by atoms with E-state index in [4.69, 9.17) is 17.3 Å². The summed E-state index contributed by atoms with van der Waals surface area (Å²) in [4.78, 5) is 0. The van der Waals surface area contributed by atoms with Gasteiger partial charge in [-0.1, -0.05) is 32.9 Å². The first-order chi connectivity index (χ1) is 9.54. The second-order valence-corrected chi connectivity index (χ2v) is 4.48. The lowest BCUT2D eigenvalue weighted by molar-refractivity contribution is 0.414. The van der Waals surface area contributed by atoms with Crippen LogP contribution in [-0.4, -0.2) is 19.9 Å². The molecule has 4 nitrogen and oxygen atoms in total. The highest BCUT2D eigenvalue weighted by Gasteiger charge is 2.00. The summed E-state index contributed by atoms with van der Waals surface area (Å²) in [7, 11) is 0. The number of hydrogen-bond donors (Lipinski definition) is 2. The maximum Gasteiger partial charge on any atom is 0.195 e. The fourth-order valence-electron chi connectivity index (χ4n) is 1.56. The number of rotatable bonds is 5. The Labute approximate surface area is 126 Å². The normalized spacial score (nSPS) is 12.4. The van der Waals surface area contributed by atoms with Crippen LogP contribution in [0.25, 0.3) is 6.08 Å². The van der Waals surface area contributed by atoms with Gasteiger partial charge >= 0.3 is 0 Å². The van der Waals surface area contributed by atoms with Crippen molar-refractivity contribution < 1.29 is 5.11 Å². The third kappa shape index (κ3) is 6.52. The highest BCUT2D eigenvalue weighted by atomic mass is 32.1. The number of aliphatic hydroxyl groups excluding tert-OH is 1. The minimum absolute atomic E-state index is 0.297.